The van der Waals surface area contributed by atoms with Crippen LogP contribution in [0.5, 0.6) is 0 Å². The highest BCUT2D eigenvalue weighted by Crippen LogP contribution is 2.40. The number of benzene rings is 2. The Bertz CT molecular complexity index is 392. The summed E-state index contributed by atoms with van der Waals surface area (Å²) in [5.74, 6) is 0. The fourth-order valence-corrected chi connectivity index (χ4v) is 1.88. The Kier molecular flexibility index (Phi) is 2.04. The second-order valence-electron chi connectivity index (χ2n) is 3.77. The van der Waals surface area contributed by atoms with E-state index in [0.29, 0.717) is 6.04 Å². The van der Waals surface area contributed by atoms with Gasteiger partial charge in [-0.1, -0.05) is 60.7 Å². The first-order valence-electron chi connectivity index (χ1n) is 5.19. The van der Waals surface area contributed by atoms with Gasteiger partial charge in [0.25, 0.3) is 0 Å². The van der Waals surface area contributed by atoms with Crippen molar-refractivity contribution in [2.45, 2.75) is 6.04 Å². The van der Waals surface area contributed by atoms with Gasteiger partial charge in [-0.3, -0.25) is 5.32 Å². The first-order chi connectivity index (χ1) is 7.45. The fourth-order valence-electron chi connectivity index (χ4n) is 1.88. The molecule has 3 rings (SSSR count). The van der Waals surface area contributed by atoms with E-state index in [4.69, 9.17) is 0 Å². The Morgan fingerprint density at radius 1 is 0.733 bits per heavy atom. The molecule has 1 atom stereocenters. The van der Waals surface area contributed by atoms with E-state index in [9.17, 15) is 0 Å². The monoisotopic (exact) mass is 194 g/mol. The standard InChI is InChI=1S/C14H12N/c1-3-7-11(8-4-1)13-14(15-13)12-9-5-2-6-10-12/h1-10,13,15H. The number of hydrogen-bond acceptors (Lipinski definition) is 1. The minimum Gasteiger partial charge on any atom is -0.295 e. The Morgan fingerprint density at radius 3 is 2.00 bits per heavy atom. The molecule has 1 unspecified atom stereocenters. The SMILES string of the molecule is c1ccc([C]2NC2c2ccccc2)cc1. The van der Waals surface area contributed by atoms with Crippen molar-refractivity contribution in [2.75, 3.05) is 0 Å². The molecule has 0 aliphatic carbocycles. The second-order valence-corrected chi connectivity index (χ2v) is 3.77. The second kappa shape index (κ2) is 3.52. The lowest BCUT2D eigenvalue weighted by atomic mass is 10.0. The van der Waals surface area contributed by atoms with E-state index in [1.54, 1.807) is 0 Å². The summed E-state index contributed by atoms with van der Waals surface area (Å²) in [5.41, 5.74) is 2.64. The van der Waals surface area contributed by atoms with Crippen molar-refractivity contribution in [3.63, 3.8) is 0 Å². The van der Waals surface area contributed by atoms with Gasteiger partial charge < -0.3 is 0 Å². The van der Waals surface area contributed by atoms with Crippen molar-refractivity contribution in [3.8, 4) is 0 Å². The Morgan fingerprint density at radius 2 is 1.33 bits per heavy atom. The van der Waals surface area contributed by atoms with Gasteiger partial charge in [-0.15, -0.1) is 0 Å². The van der Waals surface area contributed by atoms with E-state index in [1.807, 2.05) is 12.1 Å². The molecule has 2 aromatic rings. The Labute approximate surface area is 89.8 Å². The van der Waals surface area contributed by atoms with Gasteiger partial charge in [0, 0.05) is 0 Å². The fraction of sp³-hybridized carbons (Fsp3) is 0.0714. The largest absolute Gasteiger partial charge is 0.295 e. The number of nitrogens with one attached hydrogen (secondary N) is 1. The summed E-state index contributed by atoms with van der Waals surface area (Å²) < 4.78 is 0. The maximum absolute atomic E-state index is 3.42. The quantitative estimate of drug-likeness (QED) is 0.729. The van der Waals surface area contributed by atoms with Gasteiger partial charge in [0.15, 0.2) is 0 Å². The van der Waals surface area contributed by atoms with Crippen LogP contribution in [0.2, 0.25) is 0 Å². The van der Waals surface area contributed by atoms with Gasteiger partial charge in [0.2, 0.25) is 0 Å². The zero-order valence-corrected chi connectivity index (χ0v) is 8.35. The first-order valence-corrected chi connectivity index (χ1v) is 5.19. The number of hydrogen-bond donors (Lipinski definition) is 1. The summed E-state index contributed by atoms with van der Waals surface area (Å²) in [5, 5.41) is 3.42. The summed E-state index contributed by atoms with van der Waals surface area (Å²) in [7, 11) is 0. The van der Waals surface area contributed by atoms with Crippen LogP contribution in [0.4, 0.5) is 0 Å². The molecule has 1 radical (unpaired) electrons. The van der Waals surface area contributed by atoms with E-state index < -0.39 is 0 Å². The maximum atomic E-state index is 3.42. The molecule has 0 saturated carbocycles. The van der Waals surface area contributed by atoms with Crippen molar-refractivity contribution in [1.82, 2.24) is 5.32 Å². The molecular weight excluding hydrogens is 182 g/mol. The van der Waals surface area contributed by atoms with Crippen LogP contribution in [-0.2, 0) is 0 Å². The van der Waals surface area contributed by atoms with Crippen molar-refractivity contribution >= 4 is 0 Å². The molecule has 73 valence electrons. The van der Waals surface area contributed by atoms with E-state index >= 15 is 0 Å². The predicted molar refractivity (Wildman–Crippen MR) is 61.1 cm³/mol. The molecule has 1 saturated heterocycles. The highest BCUT2D eigenvalue weighted by Gasteiger charge is 2.39. The zero-order chi connectivity index (χ0) is 10.1. The maximum Gasteiger partial charge on any atom is 0.0883 e. The van der Waals surface area contributed by atoms with Crippen LogP contribution >= 0.6 is 0 Å². The van der Waals surface area contributed by atoms with Gasteiger partial charge in [0.05, 0.1) is 12.1 Å². The molecule has 1 N–H and O–H groups in total. The van der Waals surface area contributed by atoms with Gasteiger partial charge in [0.1, 0.15) is 0 Å². The summed E-state index contributed by atoms with van der Waals surface area (Å²) in [4.78, 5) is 0. The molecule has 0 aromatic heterocycles. The average Bonchev–Trinajstić information content (AvgIpc) is 3.11. The lowest BCUT2D eigenvalue weighted by Gasteiger charge is -1.97. The highest BCUT2D eigenvalue weighted by molar-refractivity contribution is 5.46. The molecular formula is C14H12N. The van der Waals surface area contributed by atoms with Crippen LogP contribution in [0.3, 0.4) is 0 Å². The third-order valence-corrected chi connectivity index (χ3v) is 2.72. The van der Waals surface area contributed by atoms with Gasteiger partial charge in [-0.2, -0.15) is 0 Å². The van der Waals surface area contributed by atoms with Crippen molar-refractivity contribution in [2.24, 2.45) is 0 Å². The molecule has 1 nitrogen and oxygen atoms in total. The topological polar surface area (TPSA) is 21.9 Å². The van der Waals surface area contributed by atoms with Crippen LogP contribution < -0.4 is 5.32 Å². The normalized spacial score (nSPS) is 20.1. The number of rotatable bonds is 2. The van der Waals surface area contributed by atoms with E-state index in [1.165, 1.54) is 17.2 Å². The van der Waals surface area contributed by atoms with Crippen LogP contribution in [0.25, 0.3) is 0 Å². The Balaban J connectivity index is 1.81. The molecule has 1 aliphatic heterocycles. The van der Waals surface area contributed by atoms with Crippen molar-refractivity contribution in [1.29, 1.82) is 0 Å². The summed E-state index contributed by atoms with van der Waals surface area (Å²) in [6.07, 6.45) is 0. The zero-order valence-electron chi connectivity index (χ0n) is 8.35. The van der Waals surface area contributed by atoms with E-state index in [0.717, 1.165) is 0 Å². The molecule has 2 aromatic carbocycles. The smallest absolute Gasteiger partial charge is 0.0883 e. The molecule has 0 bridgehead atoms. The van der Waals surface area contributed by atoms with Gasteiger partial charge in [-0.05, 0) is 11.1 Å². The molecule has 1 aliphatic rings. The average molecular weight is 194 g/mol. The molecule has 1 fully saturated rings. The minimum atomic E-state index is 0.425. The summed E-state index contributed by atoms with van der Waals surface area (Å²) in [6.45, 7) is 0. The third-order valence-electron chi connectivity index (χ3n) is 2.72. The van der Waals surface area contributed by atoms with E-state index in [-0.39, 0.29) is 0 Å². The van der Waals surface area contributed by atoms with Crippen LogP contribution in [0, 0.1) is 6.04 Å². The van der Waals surface area contributed by atoms with Crippen molar-refractivity contribution < 1.29 is 0 Å². The first kappa shape index (κ1) is 8.69. The van der Waals surface area contributed by atoms with Crippen LogP contribution in [0.1, 0.15) is 17.2 Å². The third kappa shape index (κ3) is 1.66. The van der Waals surface area contributed by atoms with E-state index in [2.05, 4.69) is 53.8 Å². The van der Waals surface area contributed by atoms with Crippen LogP contribution in [-0.4, -0.2) is 0 Å². The molecule has 15 heavy (non-hydrogen) atoms. The molecule has 1 heterocycles. The van der Waals surface area contributed by atoms with Crippen LogP contribution in [0.15, 0.2) is 60.7 Å². The predicted octanol–water partition coefficient (Wildman–Crippen LogP) is 2.91. The molecule has 1 heteroatoms. The van der Waals surface area contributed by atoms with Gasteiger partial charge in [-0.25, -0.2) is 0 Å². The Hall–Kier alpha value is -1.60. The van der Waals surface area contributed by atoms with Crippen molar-refractivity contribution in [3.05, 3.63) is 77.8 Å². The molecule has 0 amide bonds. The van der Waals surface area contributed by atoms with Gasteiger partial charge >= 0.3 is 0 Å². The summed E-state index contributed by atoms with van der Waals surface area (Å²) >= 11 is 0. The summed E-state index contributed by atoms with van der Waals surface area (Å²) in [6, 6.07) is 22.8. The highest BCUT2D eigenvalue weighted by atomic mass is 15.1. The molecule has 0 spiro atoms. The lowest BCUT2D eigenvalue weighted by molar-refractivity contribution is 1.08. The lowest BCUT2D eigenvalue weighted by Crippen LogP contribution is -1.83. The minimum absolute atomic E-state index is 0.425.